The number of halogens is 3. The molecule has 0 aromatic heterocycles. The summed E-state index contributed by atoms with van der Waals surface area (Å²) in [5.41, 5.74) is 14.3. The maximum Gasteiger partial charge on any atom is 0.490 e. The van der Waals surface area contributed by atoms with Gasteiger partial charge in [0, 0.05) is 19.6 Å². The molecule has 0 aliphatic carbocycles. The highest BCUT2D eigenvalue weighted by Gasteiger charge is 2.38. The number of amides is 3. The van der Waals surface area contributed by atoms with Gasteiger partial charge in [0.1, 0.15) is 6.04 Å². The van der Waals surface area contributed by atoms with Gasteiger partial charge < -0.3 is 37.3 Å². The van der Waals surface area contributed by atoms with Crippen molar-refractivity contribution >= 4 is 29.8 Å². The summed E-state index contributed by atoms with van der Waals surface area (Å²) in [6.45, 7) is 2.99. The van der Waals surface area contributed by atoms with Gasteiger partial charge >= 0.3 is 18.2 Å². The number of aliphatic carboxylic acids is 1. The van der Waals surface area contributed by atoms with E-state index in [4.69, 9.17) is 26.1 Å². The molecule has 1 atom stereocenters. The molecule has 0 unspecified atom stereocenters. The summed E-state index contributed by atoms with van der Waals surface area (Å²) in [5, 5.41) is 15.7. The molecule has 3 aromatic rings. The van der Waals surface area contributed by atoms with Gasteiger partial charge in [-0.3, -0.25) is 14.6 Å². The number of carboxylic acid groups (broad SMARTS) is 1. The van der Waals surface area contributed by atoms with E-state index in [1.807, 2.05) is 84.9 Å². The van der Waals surface area contributed by atoms with E-state index >= 15 is 0 Å². The number of nitrogens with zero attached hydrogens (tertiary/aromatic N) is 1. The molecule has 0 fully saturated rings. The zero-order valence-corrected chi connectivity index (χ0v) is 26.2. The number of carboxylic acids is 1. The van der Waals surface area contributed by atoms with Gasteiger partial charge in [-0.15, -0.1) is 0 Å². The Kier molecular flexibility index (Phi) is 15.9. The van der Waals surface area contributed by atoms with Crippen molar-refractivity contribution in [1.82, 2.24) is 16.0 Å². The fourth-order valence-electron chi connectivity index (χ4n) is 4.26. The van der Waals surface area contributed by atoms with E-state index in [0.29, 0.717) is 32.5 Å². The van der Waals surface area contributed by atoms with Crippen LogP contribution in [-0.4, -0.2) is 60.3 Å². The summed E-state index contributed by atoms with van der Waals surface area (Å²) < 4.78 is 36.6. The predicted molar refractivity (Wildman–Crippen MR) is 172 cm³/mol. The number of alkyl carbamates (subject to hydrolysis) is 1. The number of carbonyl (C=O) groups excluding carboxylic acids is 3. The quantitative estimate of drug-likeness (QED) is 0.0849. The van der Waals surface area contributed by atoms with Gasteiger partial charge in [0.2, 0.25) is 11.8 Å². The minimum atomic E-state index is -5.08. The molecular weight excluding hydrogens is 633 g/mol. The number of hydrogen-bond donors (Lipinski definition) is 6. The Morgan fingerprint density at radius 3 is 1.73 bits per heavy atom. The van der Waals surface area contributed by atoms with E-state index < -0.39 is 30.2 Å². The van der Waals surface area contributed by atoms with E-state index in [9.17, 15) is 27.6 Å². The molecule has 0 spiro atoms. The first-order valence-electron chi connectivity index (χ1n) is 14.8. The number of nitrogens with two attached hydrogens (primary N) is 2. The fourth-order valence-corrected chi connectivity index (χ4v) is 4.26. The SMILES string of the molecule is CCOC(=O)NCc1ccc(CNC(=O)[C@@H](CCCN=C(N)N)NC(=O)C(c2ccccc2)c2ccccc2)cc1.O=C(O)C(F)(F)F. The van der Waals surface area contributed by atoms with Crippen LogP contribution in [0.15, 0.2) is 89.9 Å². The first-order chi connectivity index (χ1) is 22.8. The maximum atomic E-state index is 13.7. The van der Waals surface area contributed by atoms with Crippen LogP contribution in [-0.2, 0) is 32.2 Å². The minimum Gasteiger partial charge on any atom is -0.475 e. The number of ether oxygens (including phenoxy) is 1. The van der Waals surface area contributed by atoms with Crippen molar-refractivity contribution in [1.29, 1.82) is 0 Å². The van der Waals surface area contributed by atoms with Crippen LogP contribution >= 0.6 is 0 Å². The van der Waals surface area contributed by atoms with Gasteiger partial charge in [-0.2, -0.15) is 13.2 Å². The molecule has 15 heteroatoms. The fraction of sp³-hybridized carbons (Fsp3) is 0.303. The molecule has 0 heterocycles. The number of alkyl halides is 3. The monoisotopic (exact) mass is 672 g/mol. The van der Waals surface area contributed by atoms with Crippen LogP contribution in [0.4, 0.5) is 18.0 Å². The third-order valence-corrected chi connectivity index (χ3v) is 6.55. The van der Waals surface area contributed by atoms with Crippen molar-refractivity contribution in [2.75, 3.05) is 13.2 Å². The number of aliphatic imine (C=N–C) groups is 1. The van der Waals surface area contributed by atoms with Gasteiger partial charge in [0.15, 0.2) is 5.96 Å². The summed E-state index contributed by atoms with van der Waals surface area (Å²) in [6.07, 6.45) is -4.71. The van der Waals surface area contributed by atoms with Crippen molar-refractivity contribution in [3.05, 3.63) is 107 Å². The largest absolute Gasteiger partial charge is 0.490 e. The highest BCUT2D eigenvalue weighted by molar-refractivity contribution is 5.92. The Labute approximate surface area is 275 Å². The summed E-state index contributed by atoms with van der Waals surface area (Å²) in [5.74, 6) is -3.95. The van der Waals surface area contributed by atoms with Crippen molar-refractivity contribution in [2.45, 2.75) is 51.0 Å². The number of carbonyl (C=O) groups is 4. The topological polar surface area (TPSA) is 198 Å². The lowest BCUT2D eigenvalue weighted by molar-refractivity contribution is -0.192. The van der Waals surface area contributed by atoms with Crippen LogP contribution in [0.5, 0.6) is 0 Å². The average Bonchev–Trinajstić information content (AvgIpc) is 3.05. The van der Waals surface area contributed by atoms with Gasteiger partial charge in [0.05, 0.1) is 12.5 Å². The van der Waals surface area contributed by atoms with Crippen LogP contribution in [0.1, 0.15) is 47.9 Å². The summed E-state index contributed by atoms with van der Waals surface area (Å²) in [4.78, 5) is 51.4. The molecule has 12 nitrogen and oxygen atoms in total. The lowest BCUT2D eigenvalue weighted by Gasteiger charge is -2.23. The molecule has 3 aromatic carbocycles. The maximum absolute atomic E-state index is 13.7. The van der Waals surface area contributed by atoms with Gasteiger partial charge in [-0.05, 0) is 42.0 Å². The Balaban J connectivity index is 0.00000103. The second-order valence-electron chi connectivity index (χ2n) is 10.2. The van der Waals surface area contributed by atoms with Crippen LogP contribution in [0.25, 0.3) is 0 Å². The Bertz CT molecular complexity index is 1450. The van der Waals surface area contributed by atoms with Crippen molar-refractivity contribution in [3.8, 4) is 0 Å². The highest BCUT2D eigenvalue weighted by atomic mass is 19.4. The minimum absolute atomic E-state index is 0.0239. The molecule has 0 saturated carbocycles. The summed E-state index contributed by atoms with van der Waals surface area (Å²) in [7, 11) is 0. The normalized spacial score (nSPS) is 11.3. The third-order valence-electron chi connectivity index (χ3n) is 6.55. The van der Waals surface area contributed by atoms with Crippen LogP contribution in [0, 0.1) is 0 Å². The van der Waals surface area contributed by atoms with E-state index in [1.54, 1.807) is 6.92 Å². The zero-order valence-electron chi connectivity index (χ0n) is 26.2. The standard InChI is InChI=1S/C31H38N6O4.C2HF3O2/c1-2-41-31(40)36-21-23-17-15-22(16-18-23)20-35-28(38)26(14-9-19-34-30(32)33)37-29(39)27(24-10-5-3-6-11-24)25-12-7-4-8-13-25;3-2(4,5)1(6)7/h3-8,10-13,15-18,26-27H,2,9,14,19-21H2,1H3,(H,35,38)(H,36,40)(H,37,39)(H4,32,33,34);(H,6,7)/t26-;/m1./s1. The van der Waals surface area contributed by atoms with E-state index in [0.717, 1.165) is 22.3 Å². The molecule has 0 aliphatic rings. The lowest BCUT2D eigenvalue weighted by Crippen LogP contribution is -2.48. The first-order valence-corrected chi connectivity index (χ1v) is 14.8. The number of benzene rings is 3. The molecule has 8 N–H and O–H groups in total. The molecule has 48 heavy (non-hydrogen) atoms. The number of hydrogen-bond acceptors (Lipinski definition) is 6. The predicted octanol–water partition coefficient (Wildman–Crippen LogP) is 3.55. The zero-order chi connectivity index (χ0) is 35.5. The van der Waals surface area contributed by atoms with Crippen molar-refractivity contribution < 1.29 is 42.2 Å². The number of nitrogens with one attached hydrogen (secondary N) is 3. The molecule has 0 radical (unpaired) electrons. The Morgan fingerprint density at radius 1 is 0.812 bits per heavy atom. The highest BCUT2D eigenvalue weighted by Crippen LogP contribution is 2.25. The molecule has 258 valence electrons. The summed E-state index contributed by atoms with van der Waals surface area (Å²) in [6, 6.07) is 25.6. The molecule has 3 amide bonds. The van der Waals surface area contributed by atoms with Crippen molar-refractivity contribution in [3.63, 3.8) is 0 Å². The first kappa shape index (κ1) is 38.6. The van der Waals surface area contributed by atoms with E-state index in [1.165, 1.54) is 0 Å². The van der Waals surface area contributed by atoms with Gasteiger partial charge in [-0.1, -0.05) is 84.9 Å². The Morgan fingerprint density at radius 2 is 1.29 bits per heavy atom. The Hall–Kier alpha value is -5.60. The second-order valence-corrected chi connectivity index (χ2v) is 10.2. The van der Waals surface area contributed by atoms with Crippen molar-refractivity contribution in [2.24, 2.45) is 16.5 Å². The molecule has 0 saturated heterocycles. The van der Waals surface area contributed by atoms with Gasteiger partial charge in [-0.25, -0.2) is 9.59 Å². The second kappa shape index (κ2) is 19.8. The van der Waals surface area contributed by atoms with Crippen LogP contribution in [0.2, 0.25) is 0 Å². The van der Waals surface area contributed by atoms with E-state index in [2.05, 4.69) is 20.9 Å². The van der Waals surface area contributed by atoms with Gasteiger partial charge in [0.25, 0.3) is 0 Å². The average molecular weight is 673 g/mol. The smallest absolute Gasteiger partial charge is 0.475 e. The molecular formula is C33H39F3N6O6. The van der Waals surface area contributed by atoms with E-state index in [-0.39, 0.29) is 24.3 Å². The molecule has 0 aliphatic heterocycles. The van der Waals surface area contributed by atoms with Crippen LogP contribution < -0.4 is 27.4 Å². The molecule has 0 bridgehead atoms. The number of rotatable bonds is 14. The molecule has 3 rings (SSSR count). The summed E-state index contributed by atoms with van der Waals surface area (Å²) >= 11 is 0. The van der Waals surface area contributed by atoms with Crippen LogP contribution in [0.3, 0.4) is 0 Å². The number of guanidine groups is 1. The third kappa shape index (κ3) is 14.2. The lowest BCUT2D eigenvalue weighted by atomic mass is 9.90.